The minimum Gasteiger partial charge on any atom is -0.802 e. The average molecular weight is 464 g/mol. The minimum atomic E-state index is -2.41. The van der Waals surface area contributed by atoms with Crippen LogP contribution in [-0.2, 0) is 30.5 Å². The van der Waals surface area contributed by atoms with E-state index in [9.17, 15) is 28.4 Å². The van der Waals surface area contributed by atoms with Gasteiger partial charge in [0.15, 0.2) is 0 Å². The van der Waals surface area contributed by atoms with E-state index in [0.29, 0.717) is 18.5 Å². The van der Waals surface area contributed by atoms with Crippen LogP contribution < -0.4 is 14.7 Å². The van der Waals surface area contributed by atoms with Crippen LogP contribution in [0.1, 0.15) is 78.6 Å². The third kappa shape index (κ3) is 51.7. The van der Waals surface area contributed by atoms with Gasteiger partial charge in [0.05, 0.1) is 0 Å². The molecule has 0 saturated heterocycles. The van der Waals surface area contributed by atoms with E-state index >= 15 is 0 Å². The van der Waals surface area contributed by atoms with Crippen molar-refractivity contribution in [2.24, 2.45) is 0 Å². The van der Waals surface area contributed by atoms with Gasteiger partial charge in [-0.05, 0) is 37.7 Å². The molecular weight excluding hydrogens is 428 g/mol. The first-order valence-electron chi connectivity index (χ1n) is 8.91. The van der Waals surface area contributed by atoms with Crippen molar-refractivity contribution in [1.82, 2.24) is 0 Å². The third-order valence-electron chi connectivity index (χ3n) is 2.95. The van der Waals surface area contributed by atoms with Crippen molar-refractivity contribution in [2.75, 3.05) is 18.5 Å². The quantitative estimate of drug-likeness (QED) is 0.323. The molecule has 0 radical (unpaired) electrons. The minimum absolute atomic E-state index is 0. The van der Waals surface area contributed by atoms with E-state index in [1.165, 1.54) is 0 Å². The van der Waals surface area contributed by atoms with Crippen molar-refractivity contribution in [3.05, 3.63) is 0 Å². The van der Waals surface area contributed by atoms with E-state index < -0.39 is 24.1 Å². The van der Waals surface area contributed by atoms with Crippen molar-refractivity contribution in [3.63, 3.8) is 0 Å². The summed E-state index contributed by atoms with van der Waals surface area (Å²) in [5.41, 5.74) is 0. The zero-order valence-corrected chi connectivity index (χ0v) is 19.8. The van der Waals surface area contributed by atoms with Crippen LogP contribution in [-0.4, -0.2) is 18.5 Å². The molecule has 0 saturated carbocycles. The van der Waals surface area contributed by atoms with Crippen LogP contribution in [0.15, 0.2) is 0 Å². The average Bonchev–Trinajstić information content (AvgIpc) is 2.48. The first-order valence-corrected chi connectivity index (χ1v) is 13.5. The summed E-state index contributed by atoms with van der Waals surface area (Å²) in [7, 11) is -7.22. The molecule has 0 aromatic rings. The van der Waals surface area contributed by atoms with Crippen LogP contribution >= 0.6 is 24.1 Å². The van der Waals surface area contributed by atoms with Gasteiger partial charge in [-0.25, -0.2) is 0 Å². The molecule has 0 spiro atoms. The van der Waals surface area contributed by atoms with E-state index in [0.717, 1.165) is 57.8 Å². The molecule has 0 aliphatic heterocycles. The van der Waals surface area contributed by atoms with Gasteiger partial charge in [0.1, 0.15) is 0 Å². The molecule has 0 aromatic carbocycles. The Morgan fingerprint density at radius 1 is 0.520 bits per heavy atom. The van der Waals surface area contributed by atoms with E-state index in [2.05, 4.69) is 20.8 Å². The van der Waals surface area contributed by atoms with Crippen LogP contribution in [0.3, 0.4) is 0 Å². The van der Waals surface area contributed by atoms with Gasteiger partial charge in [-0.15, -0.1) is 0 Å². The normalized spacial score (nSPS) is 13.2. The molecule has 0 bridgehead atoms. The van der Waals surface area contributed by atoms with Gasteiger partial charge in [0.25, 0.3) is 0 Å². The summed E-state index contributed by atoms with van der Waals surface area (Å²) in [5, 5.41) is 0. The Hall–Kier alpha value is 1.08. The summed E-state index contributed by atoms with van der Waals surface area (Å²) in [4.78, 5) is 29.8. The summed E-state index contributed by atoms with van der Waals surface area (Å²) >= 11 is 0. The summed E-state index contributed by atoms with van der Waals surface area (Å²) < 4.78 is 29.8. The van der Waals surface area contributed by atoms with Gasteiger partial charge in [-0.3, -0.25) is 0 Å². The molecule has 0 aliphatic carbocycles. The van der Waals surface area contributed by atoms with Gasteiger partial charge in [0, 0.05) is 24.1 Å². The molecule has 156 valence electrons. The maximum atomic E-state index is 9.95. The topological polar surface area (TPSA) is 120 Å². The number of rotatable bonds is 12. The SMILES string of the molecule is CCCCC[PH](=O)[O-].CCCCC[PH](=O)[O-].CCCCC[PH](=O)[O-].[Co+3]. The number of unbranched alkanes of at least 4 members (excludes halogenated alkanes) is 6. The first-order chi connectivity index (χ1) is 11.3. The molecule has 10 heteroatoms. The number of hydrogen-bond acceptors (Lipinski definition) is 6. The Bertz CT molecular complexity index is 272. The summed E-state index contributed by atoms with van der Waals surface area (Å²) in [6.45, 7) is 6.17. The van der Waals surface area contributed by atoms with Gasteiger partial charge < -0.3 is 28.4 Å². The van der Waals surface area contributed by atoms with Gasteiger partial charge >= 0.3 is 16.8 Å². The molecule has 3 atom stereocenters. The summed E-state index contributed by atoms with van der Waals surface area (Å²) in [6, 6.07) is 0. The number of hydrogen-bond donors (Lipinski definition) is 0. The molecule has 0 rings (SSSR count). The predicted octanol–water partition coefficient (Wildman–Crippen LogP) is 3.03. The maximum absolute atomic E-state index is 9.95. The molecule has 6 nitrogen and oxygen atoms in total. The predicted molar refractivity (Wildman–Crippen MR) is 100 cm³/mol. The smallest absolute Gasteiger partial charge is 0.802 e. The Balaban J connectivity index is -0.000000130. The van der Waals surface area contributed by atoms with Gasteiger partial charge in [-0.1, -0.05) is 59.3 Å². The summed E-state index contributed by atoms with van der Waals surface area (Å²) in [5.74, 6) is 0. The standard InChI is InChI=1S/3C5H13O2P.Co/c3*1-2-3-4-5-8(6)7;/h3*8H,2-5H2,1H3,(H,6,7);/q;;;+3/p-3. The Labute approximate surface area is 166 Å². The largest absolute Gasteiger partial charge is 3.00 e. The van der Waals surface area contributed by atoms with E-state index in [1.807, 2.05) is 0 Å². The second kappa shape index (κ2) is 29.8. The zero-order valence-electron chi connectivity index (χ0n) is 15.8. The molecule has 0 aliphatic rings. The molecule has 25 heavy (non-hydrogen) atoms. The van der Waals surface area contributed by atoms with Crippen LogP contribution in [0.5, 0.6) is 0 Å². The molecular formula is C15H36CoO6P3. The Morgan fingerprint density at radius 3 is 0.840 bits per heavy atom. The molecule has 0 amide bonds. The molecule has 0 fully saturated rings. The summed E-state index contributed by atoms with van der Waals surface area (Å²) in [6.07, 6.45) is 10.1. The molecule has 3 unspecified atom stereocenters. The fourth-order valence-electron chi connectivity index (χ4n) is 1.56. The van der Waals surface area contributed by atoms with Crippen LogP contribution in [0.2, 0.25) is 0 Å². The van der Waals surface area contributed by atoms with E-state index in [4.69, 9.17) is 0 Å². The Morgan fingerprint density at radius 2 is 0.720 bits per heavy atom. The first kappa shape index (κ1) is 33.6. The van der Waals surface area contributed by atoms with E-state index in [1.54, 1.807) is 0 Å². The maximum Gasteiger partial charge on any atom is 3.00 e. The molecule has 0 N–H and O–H groups in total. The van der Waals surface area contributed by atoms with Crippen molar-refractivity contribution in [1.29, 1.82) is 0 Å². The third-order valence-corrected chi connectivity index (χ3v) is 5.24. The van der Waals surface area contributed by atoms with Crippen molar-refractivity contribution >= 4 is 24.1 Å². The second-order valence-corrected chi connectivity index (χ2v) is 9.22. The fourth-order valence-corrected chi connectivity index (χ4v) is 3.17. The molecule has 0 aromatic heterocycles. The van der Waals surface area contributed by atoms with Gasteiger partial charge in [-0.2, -0.15) is 0 Å². The van der Waals surface area contributed by atoms with Crippen LogP contribution in [0.25, 0.3) is 0 Å². The Kier molecular flexibility index (Phi) is 40.1. The van der Waals surface area contributed by atoms with Crippen molar-refractivity contribution in [3.8, 4) is 0 Å². The monoisotopic (exact) mass is 464 g/mol. The zero-order chi connectivity index (χ0) is 19.2. The van der Waals surface area contributed by atoms with Crippen molar-refractivity contribution in [2.45, 2.75) is 78.6 Å². The van der Waals surface area contributed by atoms with Crippen LogP contribution in [0.4, 0.5) is 0 Å². The van der Waals surface area contributed by atoms with Crippen LogP contribution in [0, 0.1) is 0 Å². The second-order valence-electron chi connectivity index (χ2n) is 5.49. The van der Waals surface area contributed by atoms with Crippen molar-refractivity contribution < 1.29 is 45.2 Å². The molecule has 0 heterocycles. The fraction of sp³-hybridized carbons (Fsp3) is 1.00. The van der Waals surface area contributed by atoms with Gasteiger partial charge in [0.2, 0.25) is 0 Å². The van der Waals surface area contributed by atoms with E-state index in [-0.39, 0.29) is 16.8 Å².